The number of hydrogen-bond acceptors (Lipinski definition) is 4. The first-order valence-electron chi connectivity index (χ1n) is 12.3. The van der Waals surface area contributed by atoms with Gasteiger partial charge in [0.05, 0.1) is 11.1 Å². The van der Waals surface area contributed by atoms with E-state index in [9.17, 15) is 14.7 Å². The van der Waals surface area contributed by atoms with Gasteiger partial charge >= 0.3 is 5.97 Å². The van der Waals surface area contributed by atoms with Gasteiger partial charge in [0, 0.05) is 52.4 Å². The molecule has 0 saturated carbocycles. The number of carboxylic acid groups (broad SMARTS) is 1. The zero-order chi connectivity index (χ0) is 25.8. The van der Waals surface area contributed by atoms with Crippen molar-refractivity contribution in [1.82, 2.24) is 10.3 Å². The van der Waals surface area contributed by atoms with E-state index in [1.54, 1.807) is 6.07 Å². The van der Waals surface area contributed by atoms with E-state index in [1.165, 1.54) is 6.42 Å². The predicted octanol–water partition coefficient (Wildman–Crippen LogP) is 6.57. The molecule has 8 heteroatoms. The van der Waals surface area contributed by atoms with Crippen molar-refractivity contribution < 1.29 is 14.7 Å². The number of halogens is 2. The molecule has 1 amide bonds. The van der Waals surface area contributed by atoms with Crippen LogP contribution in [0.5, 0.6) is 0 Å². The second kappa shape index (κ2) is 11.6. The van der Waals surface area contributed by atoms with Crippen LogP contribution in [0.25, 0.3) is 10.9 Å². The van der Waals surface area contributed by atoms with Crippen LogP contribution in [-0.2, 0) is 4.79 Å². The third-order valence-electron chi connectivity index (χ3n) is 6.91. The summed E-state index contributed by atoms with van der Waals surface area (Å²) in [6.45, 7) is 6.33. The van der Waals surface area contributed by atoms with Gasteiger partial charge in [-0.25, -0.2) is 4.98 Å². The number of nitrogens with zero attached hydrogens (tertiary/aromatic N) is 2. The first kappa shape index (κ1) is 26.4. The Hall–Kier alpha value is -2.64. The highest BCUT2D eigenvalue weighted by molar-refractivity contribution is 9.10. The number of carbonyl (C=O) groups is 2. The van der Waals surface area contributed by atoms with Gasteiger partial charge in [0.15, 0.2) is 0 Å². The fourth-order valence-electron chi connectivity index (χ4n) is 5.08. The molecule has 1 aliphatic rings. The summed E-state index contributed by atoms with van der Waals surface area (Å²) in [5, 5.41) is 13.7. The fourth-order valence-corrected chi connectivity index (χ4v) is 5.73. The zero-order valence-electron chi connectivity index (χ0n) is 20.6. The Labute approximate surface area is 225 Å². The Kier molecular flexibility index (Phi) is 8.52. The smallest absolute Gasteiger partial charge is 0.303 e. The summed E-state index contributed by atoms with van der Waals surface area (Å²) in [7, 11) is 0. The number of rotatable bonds is 8. The highest BCUT2D eigenvalue weighted by Gasteiger charge is 2.25. The minimum absolute atomic E-state index is 0.00673. The number of aliphatic carboxylic acids is 1. The maximum Gasteiger partial charge on any atom is 0.303 e. The van der Waals surface area contributed by atoms with Crippen molar-refractivity contribution in [2.75, 3.05) is 24.5 Å². The first-order chi connectivity index (χ1) is 17.2. The topological polar surface area (TPSA) is 82.5 Å². The van der Waals surface area contributed by atoms with Gasteiger partial charge in [0.25, 0.3) is 5.91 Å². The van der Waals surface area contributed by atoms with E-state index < -0.39 is 5.97 Å². The molecule has 1 aliphatic heterocycles. The van der Waals surface area contributed by atoms with Crippen LogP contribution in [0.15, 0.2) is 46.9 Å². The van der Waals surface area contributed by atoms with Crippen LogP contribution in [0.3, 0.4) is 0 Å². The molecule has 2 aromatic carbocycles. The standard InChI is InChI=1S/C28H31BrClN3O3/c1-17-6-5-13-33(16-17)27-18(2)26(22-14-20(29)10-11-24(22)32-27)28(36)31-15-19(9-12-25(34)35)21-7-3-4-8-23(21)30/h3-4,7-8,10-11,14,17,19H,5-6,9,12-13,15-16H2,1-2H3,(H,31,36)(H,34,35)/t17-,19-/m0/s1. The number of fused-ring (bicyclic) bond motifs is 1. The lowest BCUT2D eigenvalue weighted by molar-refractivity contribution is -0.137. The number of piperidine rings is 1. The van der Waals surface area contributed by atoms with Gasteiger partial charge in [-0.15, -0.1) is 0 Å². The lowest BCUT2D eigenvalue weighted by atomic mass is 9.93. The molecule has 0 aliphatic carbocycles. The summed E-state index contributed by atoms with van der Waals surface area (Å²) in [6, 6.07) is 13.2. The lowest BCUT2D eigenvalue weighted by Crippen LogP contribution is -2.36. The third kappa shape index (κ3) is 6.01. The van der Waals surface area contributed by atoms with E-state index in [0.717, 1.165) is 51.8 Å². The molecule has 2 N–H and O–H groups in total. The number of carbonyl (C=O) groups excluding carboxylic acids is 1. The van der Waals surface area contributed by atoms with E-state index >= 15 is 0 Å². The van der Waals surface area contributed by atoms with Gasteiger partial charge in [0.2, 0.25) is 0 Å². The number of hydrogen-bond donors (Lipinski definition) is 2. The normalized spacial score (nSPS) is 16.7. The monoisotopic (exact) mass is 571 g/mol. The Balaban J connectivity index is 1.68. The van der Waals surface area contributed by atoms with Crippen molar-refractivity contribution in [3.8, 4) is 0 Å². The number of amides is 1. The summed E-state index contributed by atoms with van der Waals surface area (Å²) in [5.41, 5.74) is 3.07. The van der Waals surface area contributed by atoms with E-state index in [2.05, 4.69) is 33.1 Å². The van der Waals surface area contributed by atoms with Gasteiger partial charge in [0.1, 0.15) is 5.82 Å². The number of anilines is 1. The Morgan fingerprint density at radius 3 is 2.78 bits per heavy atom. The summed E-state index contributed by atoms with van der Waals surface area (Å²) < 4.78 is 0.875. The van der Waals surface area contributed by atoms with E-state index in [4.69, 9.17) is 16.6 Å². The minimum atomic E-state index is -0.875. The summed E-state index contributed by atoms with van der Waals surface area (Å²) in [6.07, 6.45) is 2.67. The molecule has 2 heterocycles. The van der Waals surface area contributed by atoms with Crippen molar-refractivity contribution in [1.29, 1.82) is 0 Å². The van der Waals surface area contributed by atoms with Gasteiger partial charge in [-0.3, -0.25) is 9.59 Å². The Bertz CT molecular complexity index is 1280. The van der Waals surface area contributed by atoms with Crippen molar-refractivity contribution >= 4 is 56.1 Å². The van der Waals surface area contributed by atoms with Gasteiger partial charge < -0.3 is 15.3 Å². The summed E-state index contributed by atoms with van der Waals surface area (Å²) in [4.78, 5) is 32.3. The molecule has 3 aromatic rings. The zero-order valence-corrected chi connectivity index (χ0v) is 22.9. The SMILES string of the molecule is Cc1c(N2CCC[C@H](C)C2)nc2ccc(Br)cc2c1C(=O)NC[C@H](CCC(=O)O)c1ccccc1Cl. The molecular weight excluding hydrogens is 542 g/mol. The highest BCUT2D eigenvalue weighted by atomic mass is 79.9. The highest BCUT2D eigenvalue weighted by Crippen LogP contribution is 2.33. The number of nitrogens with one attached hydrogen (secondary N) is 1. The van der Waals surface area contributed by atoms with Crippen LogP contribution in [-0.4, -0.2) is 41.6 Å². The number of aromatic nitrogens is 1. The maximum absolute atomic E-state index is 13.7. The van der Waals surface area contributed by atoms with E-state index in [0.29, 0.717) is 22.9 Å². The van der Waals surface area contributed by atoms with Crippen LogP contribution in [0.2, 0.25) is 5.02 Å². The van der Waals surface area contributed by atoms with Crippen molar-refractivity contribution in [3.63, 3.8) is 0 Å². The van der Waals surface area contributed by atoms with Crippen molar-refractivity contribution in [2.24, 2.45) is 5.92 Å². The average Bonchev–Trinajstić information content (AvgIpc) is 2.84. The molecule has 1 fully saturated rings. The van der Waals surface area contributed by atoms with Crippen LogP contribution in [0, 0.1) is 12.8 Å². The molecule has 0 radical (unpaired) electrons. The molecule has 36 heavy (non-hydrogen) atoms. The molecular formula is C28H31BrClN3O3. The largest absolute Gasteiger partial charge is 0.481 e. The quantitative estimate of drug-likeness (QED) is 0.319. The summed E-state index contributed by atoms with van der Waals surface area (Å²) >= 11 is 9.96. The average molecular weight is 573 g/mol. The number of carboxylic acids is 1. The lowest BCUT2D eigenvalue weighted by Gasteiger charge is -2.33. The van der Waals surface area contributed by atoms with E-state index in [1.807, 2.05) is 43.3 Å². The van der Waals surface area contributed by atoms with Crippen LogP contribution in [0.4, 0.5) is 5.82 Å². The van der Waals surface area contributed by atoms with Crippen LogP contribution < -0.4 is 10.2 Å². The Morgan fingerprint density at radius 1 is 1.28 bits per heavy atom. The minimum Gasteiger partial charge on any atom is -0.481 e. The molecule has 6 nitrogen and oxygen atoms in total. The maximum atomic E-state index is 13.7. The van der Waals surface area contributed by atoms with Crippen LogP contribution in [0.1, 0.15) is 60.0 Å². The molecule has 4 rings (SSSR count). The van der Waals surface area contributed by atoms with E-state index in [-0.39, 0.29) is 24.8 Å². The van der Waals surface area contributed by atoms with Crippen LogP contribution >= 0.6 is 27.5 Å². The third-order valence-corrected chi connectivity index (χ3v) is 7.75. The second-order valence-corrected chi connectivity index (χ2v) is 11.0. The molecule has 2 atom stereocenters. The molecule has 0 spiro atoms. The molecule has 1 saturated heterocycles. The first-order valence-corrected chi connectivity index (χ1v) is 13.5. The van der Waals surface area contributed by atoms with Gasteiger partial charge in [-0.05, 0) is 61.9 Å². The van der Waals surface area contributed by atoms with Gasteiger partial charge in [-0.2, -0.15) is 0 Å². The molecule has 0 unspecified atom stereocenters. The summed E-state index contributed by atoms with van der Waals surface area (Å²) in [5.74, 6) is 0.135. The number of benzene rings is 2. The second-order valence-electron chi connectivity index (χ2n) is 9.65. The molecule has 190 valence electrons. The fraction of sp³-hybridized carbons (Fsp3) is 0.393. The predicted molar refractivity (Wildman–Crippen MR) is 148 cm³/mol. The number of pyridine rings is 1. The van der Waals surface area contributed by atoms with Gasteiger partial charge in [-0.1, -0.05) is 52.7 Å². The Morgan fingerprint density at radius 2 is 2.06 bits per heavy atom. The van der Waals surface area contributed by atoms with Crippen molar-refractivity contribution in [2.45, 2.75) is 45.4 Å². The van der Waals surface area contributed by atoms with Crippen molar-refractivity contribution in [3.05, 3.63) is 68.7 Å². The molecule has 0 bridgehead atoms. The molecule has 1 aromatic heterocycles.